The summed E-state index contributed by atoms with van der Waals surface area (Å²) in [5.74, 6) is 0. The Morgan fingerprint density at radius 1 is 1.00 bits per heavy atom. The summed E-state index contributed by atoms with van der Waals surface area (Å²) in [6, 6.07) is 19.7. The molecule has 0 unspecified atom stereocenters. The quantitative estimate of drug-likeness (QED) is 0.882. The zero-order valence-corrected chi connectivity index (χ0v) is 13.9. The van der Waals surface area contributed by atoms with Crippen LogP contribution in [-0.2, 0) is 4.74 Å². The van der Waals surface area contributed by atoms with Gasteiger partial charge < -0.3 is 15.4 Å². The first-order valence-electron chi connectivity index (χ1n) is 8.52. The van der Waals surface area contributed by atoms with Gasteiger partial charge >= 0.3 is 6.03 Å². The lowest BCUT2D eigenvalue weighted by Crippen LogP contribution is -2.47. The van der Waals surface area contributed by atoms with Crippen molar-refractivity contribution < 1.29 is 9.53 Å². The molecule has 126 valence electrons. The second-order valence-electron chi connectivity index (χ2n) is 6.21. The van der Waals surface area contributed by atoms with Gasteiger partial charge in [-0.25, -0.2) is 4.79 Å². The molecule has 2 aromatic carbocycles. The van der Waals surface area contributed by atoms with Gasteiger partial charge in [-0.05, 0) is 30.9 Å². The van der Waals surface area contributed by atoms with Crippen LogP contribution in [0.3, 0.4) is 0 Å². The molecule has 0 radical (unpaired) electrons. The molecule has 0 aliphatic carbocycles. The van der Waals surface area contributed by atoms with Crippen LogP contribution >= 0.6 is 0 Å². The van der Waals surface area contributed by atoms with E-state index in [0.717, 1.165) is 30.6 Å². The van der Waals surface area contributed by atoms with Crippen molar-refractivity contribution in [3.05, 3.63) is 71.8 Å². The lowest BCUT2D eigenvalue weighted by molar-refractivity contribution is 0.0859. The Balaban J connectivity index is 1.71. The molecule has 3 rings (SSSR count). The van der Waals surface area contributed by atoms with Crippen molar-refractivity contribution >= 4 is 6.03 Å². The summed E-state index contributed by atoms with van der Waals surface area (Å²) in [5.41, 5.74) is 2.12. The number of benzene rings is 2. The van der Waals surface area contributed by atoms with E-state index < -0.39 is 0 Å². The van der Waals surface area contributed by atoms with Gasteiger partial charge in [-0.15, -0.1) is 0 Å². The maximum Gasteiger partial charge on any atom is 0.315 e. The molecule has 1 aliphatic heterocycles. The van der Waals surface area contributed by atoms with E-state index in [4.69, 9.17) is 4.74 Å². The summed E-state index contributed by atoms with van der Waals surface area (Å²) in [5, 5.41) is 6.12. The van der Waals surface area contributed by atoms with Gasteiger partial charge in [0.05, 0.1) is 18.2 Å². The summed E-state index contributed by atoms with van der Waals surface area (Å²) >= 11 is 0. The molecule has 1 aliphatic rings. The minimum absolute atomic E-state index is 0.000281. The molecule has 2 amide bonds. The fraction of sp³-hybridized carbons (Fsp3) is 0.350. The molecule has 2 N–H and O–H groups in total. The molecule has 0 bridgehead atoms. The average molecular weight is 324 g/mol. The van der Waals surface area contributed by atoms with E-state index in [1.807, 2.05) is 67.6 Å². The van der Waals surface area contributed by atoms with Crippen LogP contribution in [0.5, 0.6) is 0 Å². The number of carbonyl (C=O) groups is 1. The van der Waals surface area contributed by atoms with E-state index in [1.54, 1.807) is 0 Å². The van der Waals surface area contributed by atoms with Crippen LogP contribution in [0.15, 0.2) is 60.7 Å². The van der Waals surface area contributed by atoms with Gasteiger partial charge in [0.2, 0.25) is 0 Å². The minimum Gasteiger partial charge on any atom is -0.376 e. The van der Waals surface area contributed by atoms with E-state index in [0.29, 0.717) is 0 Å². The highest BCUT2D eigenvalue weighted by Crippen LogP contribution is 2.22. The fourth-order valence-corrected chi connectivity index (χ4v) is 3.12. The van der Waals surface area contributed by atoms with Gasteiger partial charge in [-0.3, -0.25) is 0 Å². The summed E-state index contributed by atoms with van der Waals surface area (Å²) in [6.45, 7) is 2.78. The third kappa shape index (κ3) is 4.15. The third-order valence-electron chi connectivity index (χ3n) is 4.42. The molecular formula is C20H24N2O2. The minimum atomic E-state index is -0.177. The standard InChI is InChI=1S/C20H24N2O2/c1-15(18-13-8-14-24-18)21-20(23)22-19(16-9-4-2-5-10-16)17-11-6-3-7-12-17/h2-7,9-12,15,18-19H,8,13-14H2,1H3,(H2,21,22,23)/t15-,18+/m1/s1. The van der Waals surface area contributed by atoms with Crippen molar-refractivity contribution in [1.29, 1.82) is 0 Å². The molecule has 4 heteroatoms. The van der Waals surface area contributed by atoms with E-state index in [1.165, 1.54) is 0 Å². The molecule has 0 aromatic heterocycles. The Morgan fingerprint density at radius 3 is 2.08 bits per heavy atom. The fourth-order valence-electron chi connectivity index (χ4n) is 3.12. The number of nitrogens with one attached hydrogen (secondary N) is 2. The zero-order chi connectivity index (χ0) is 16.8. The topological polar surface area (TPSA) is 50.4 Å². The Hall–Kier alpha value is -2.33. The van der Waals surface area contributed by atoms with Gasteiger partial charge in [0.15, 0.2) is 0 Å². The lowest BCUT2D eigenvalue weighted by atomic mass is 9.99. The van der Waals surface area contributed by atoms with Crippen LogP contribution in [0.2, 0.25) is 0 Å². The van der Waals surface area contributed by atoms with E-state index >= 15 is 0 Å². The molecule has 0 saturated carbocycles. The van der Waals surface area contributed by atoms with Crippen LogP contribution in [0, 0.1) is 0 Å². The molecule has 0 spiro atoms. The normalized spacial score (nSPS) is 18.3. The summed E-state index contributed by atoms with van der Waals surface area (Å²) < 4.78 is 5.65. The predicted octanol–water partition coefficient (Wildman–Crippen LogP) is 3.64. The Kier molecular flexibility index (Phi) is 5.49. The maximum absolute atomic E-state index is 12.5. The number of carbonyl (C=O) groups excluding carboxylic acids is 1. The van der Waals surface area contributed by atoms with Crippen LogP contribution in [0.25, 0.3) is 0 Å². The van der Waals surface area contributed by atoms with E-state index in [2.05, 4.69) is 10.6 Å². The summed E-state index contributed by atoms with van der Waals surface area (Å²) in [6.07, 6.45) is 2.18. The van der Waals surface area contributed by atoms with Crippen molar-refractivity contribution in [2.45, 2.75) is 38.0 Å². The Bertz CT molecular complexity index is 600. The molecule has 24 heavy (non-hydrogen) atoms. The van der Waals surface area contributed by atoms with Gasteiger partial charge in [-0.2, -0.15) is 0 Å². The maximum atomic E-state index is 12.5. The number of hydrogen-bond acceptors (Lipinski definition) is 2. The first kappa shape index (κ1) is 16.5. The Labute approximate surface area is 143 Å². The Morgan fingerprint density at radius 2 is 1.58 bits per heavy atom. The number of urea groups is 1. The van der Waals surface area contributed by atoms with Gasteiger partial charge in [-0.1, -0.05) is 60.7 Å². The van der Waals surface area contributed by atoms with Crippen molar-refractivity contribution in [3.8, 4) is 0 Å². The smallest absolute Gasteiger partial charge is 0.315 e. The second kappa shape index (κ2) is 7.97. The van der Waals surface area contributed by atoms with E-state index in [-0.39, 0.29) is 24.2 Å². The van der Waals surface area contributed by atoms with Crippen molar-refractivity contribution in [2.24, 2.45) is 0 Å². The highest BCUT2D eigenvalue weighted by atomic mass is 16.5. The SMILES string of the molecule is C[C@@H](NC(=O)NC(c1ccccc1)c1ccccc1)[C@@H]1CCCO1. The predicted molar refractivity (Wildman–Crippen MR) is 94.8 cm³/mol. The van der Waals surface area contributed by atoms with Gasteiger partial charge in [0.1, 0.15) is 0 Å². The largest absolute Gasteiger partial charge is 0.376 e. The van der Waals surface area contributed by atoms with Crippen LogP contribution in [-0.4, -0.2) is 24.8 Å². The highest BCUT2D eigenvalue weighted by molar-refractivity contribution is 5.75. The van der Waals surface area contributed by atoms with Crippen molar-refractivity contribution in [3.63, 3.8) is 0 Å². The van der Waals surface area contributed by atoms with Crippen LogP contribution in [0.1, 0.15) is 36.9 Å². The van der Waals surface area contributed by atoms with Gasteiger partial charge in [0, 0.05) is 6.61 Å². The van der Waals surface area contributed by atoms with Crippen LogP contribution < -0.4 is 10.6 Å². The highest BCUT2D eigenvalue weighted by Gasteiger charge is 2.24. The first-order valence-corrected chi connectivity index (χ1v) is 8.52. The van der Waals surface area contributed by atoms with Crippen molar-refractivity contribution in [1.82, 2.24) is 10.6 Å². The molecule has 4 nitrogen and oxygen atoms in total. The van der Waals surface area contributed by atoms with E-state index in [9.17, 15) is 4.79 Å². The number of amides is 2. The second-order valence-corrected chi connectivity index (χ2v) is 6.21. The van der Waals surface area contributed by atoms with Gasteiger partial charge in [0.25, 0.3) is 0 Å². The number of rotatable bonds is 5. The average Bonchev–Trinajstić information content (AvgIpc) is 3.16. The molecule has 2 atom stereocenters. The third-order valence-corrected chi connectivity index (χ3v) is 4.42. The number of hydrogen-bond donors (Lipinski definition) is 2. The lowest BCUT2D eigenvalue weighted by Gasteiger charge is -2.24. The van der Waals surface area contributed by atoms with Crippen molar-refractivity contribution in [2.75, 3.05) is 6.61 Å². The first-order chi connectivity index (χ1) is 11.7. The number of ether oxygens (including phenoxy) is 1. The molecule has 1 fully saturated rings. The zero-order valence-electron chi connectivity index (χ0n) is 13.9. The summed E-state index contributed by atoms with van der Waals surface area (Å²) in [7, 11) is 0. The van der Waals surface area contributed by atoms with Crippen LogP contribution in [0.4, 0.5) is 4.79 Å². The molecular weight excluding hydrogens is 300 g/mol. The molecule has 1 saturated heterocycles. The molecule has 2 aromatic rings. The molecule has 1 heterocycles. The monoisotopic (exact) mass is 324 g/mol. The summed E-state index contributed by atoms with van der Waals surface area (Å²) in [4.78, 5) is 12.5.